The Labute approximate surface area is 146 Å². The molecule has 1 N–H and O–H groups in total. The lowest BCUT2D eigenvalue weighted by Gasteiger charge is -2.08. The van der Waals surface area contributed by atoms with Gasteiger partial charge in [0.05, 0.1) is 5.75 Å². The van der Waals surface area contributed by atoms with E-state index in [2.05, 4.69) is 42.4 Å². The van der Waals surface area contributed by atoms with Crippen molar-refractivity contribution < 1.29 is 4.79 Å². The molecule has 1 heterocycles. The molecule has 0 saturated carbocycles. The number of hydrogen-bond donors (Lipinski definition) is 1. The van der Waals surface area contributed by atoms with E-state index in [1.165, 1.54) is 28.7 Å². The second-order valence-electron chi connectivity index (χ2n) is 6.11. The normalized spacial score (nSPS) is 11.0. The molecule has 0 amide bonds. The Kier molecular flexibility index (Phi) is 6.18. The SMILES string of the molecule is Cc1cc(C)c(C(=O)CSc2nnc(NCC(C)C)s2)cc1C. The maximum absolute atomic E-state index is 12.4. The Morgan fingerprint density at radius 3 is 2.57 bits per heavy atom. The van der Waals surface area contributed by atoms with Crippen LogP contribution in [0.25, 0.3) is 0 Å². The molecule has 0 unspecified atom stereocenters. The van der Waals surface area contributed by atoms with E-state index in [0.717, 1.165) is 32.7 Å². The summed E-state index contributed by atoms with van der Waals surface area (Å²) in [5.74, 6) is 1.09. The van der Waals surface area contributed by atoms with Crippen LogP contribution in [0.2, 0.25) is 0 Å². The summed E-state index contributed by atoms with van der Waals surface area (Å²) in [4.78, 5) is 12.4. The first-order valence-electron chi connectivity index (χ1n) is 7.68. The third-order valence-electron chi connectivity index (χ3n) is 3.54. The molecule has 0 fully saturated rings. The number of Topliss-reactive ketones (excluding diaryl/α,β-unsaturated/α-hetero) is 1. The van der Waals surface area contributed by atoms with Crippen LogP contribution in [0.1, 0.15) is 40.9 Å². The number of rotatable bonds is 7. The zero-order chi connectivity index (χ0) is 17.0. The van der Waals surface area contributed by atoms with Gasteiger partial charge in [0.1, 0.15) is 0 Å². The van der Waals surface area contributed by atoms with Crippen molar-refractivity contribution in [1.29, 1.82) is 0 Å². The molecular weight excluding hydrogens is 326 g/mol. The Morgan fingerprint density at radius 1 is 1.17 bits per heavy atom. The van der Waals surface area contributed by atoms with E-state index < -0.39 is 0 Å². The number of anilines is 1. The first-order valence-corrected chi connectivity index (χ1v) is 9.48. The molecule has 2 aromatic rings. The first kappa shape index (κ1) is 17.9. The van der Waals surface area contributed by atoms with Crippen molar-refractivity contribution in [2.75, 3.05) is 17.6 Å². The molecule has 1 aromatic heterocycles. The molecule has 6 heteroatoms. The molecule has 2 rings (SSSR count). The van der Waals surface area contributed by atoms with Crippen LogP contribution in [0.3, 0.4) is 0 Å². The van der Waals surface area contributed by atoms with E-state index in [1.54, 1.807) is 0 Å². The van der Waals surface area contributed by atoms with Crippen molar-refractivity contribution in [2.45, 2.75) is 39.0 Å². The minimum Gasteiger partial charge on any atom is -0.360 e. The average Bonchev–Trinajstić information content (AvgIpc) is 2.94. The van der Waals surface area contributed by atoms with E-state index >= 15 is 0 Å². The van der Waals surface area contributed by atoms with Crippen LogP contribution in [0.4, 0.5) is 5.13 Å². The number of aryl methyl sites for hydroxylation is 3. The topological polar surface area (TPSA) is 54.9 Å². The lowest BCUT2D eigenvalue weighted by molar-refractivity contribution is 0.102. The molecule has 4 nitrogen and oxygen atoms in total. The van der Waals surface area contributed by atoms with Gasteiger partial charge in [-0.15, -0.1) is 10.2 Å². The quantitative estimate of drug-likeness (QED) is 0.589. The number of benzene rings is 1. The molecule has 1 aromatic carbocycles. The lowest BCUT2D eigenvalue weighted by atomic mass is 9.99. The fraction of sp³-hybridized carbons (Fsp3) is 0.471. The van der Waals surface area contributed by atoms with Gasteiger partial charge in [-0.05, 0) is 49.4 Å². The number of ketones is 1. The largest absolute Gasteiger partial charge is 0.360 e. The van der Waals surface area contributed by atoms with E-state index in [0.29, 0.717) is 11.7 Å². The molecule has 0 atom stereocenters. The van der Waals surface area contributed by atoms with Gasteiger partial charge in [0, 0.05) is 12.1 Å². The number of thioether (sulfide) groups is 1. The Bertz CT molecular complexity index is 695. The Hall–Kier alpha value is -1.40. The Balaban J connectivity index is 1.96. The van der Waals surface area contributed by atoms with Crippen molar-refractivity contribution >= 4 is 34.0 Å². The highest BCUT2D eigenvalue weighted by atomic mass is 32.2. The van der Waals surface area contributed by atoms with Crippen LogP contribution in [-0.4, -0.2) is 28.3 Å². The standard InChI is InChI=1S/C17H23N3OS2/c1-10(2)8-18-16-19-20-17(23-16)22-9-15(21)14-7-12(4)11(3)6-13(14)5/h6-7,10H,8-9H2,1-5H3,(H,18,19). The minimum atomic E-state index is 0.141. The number of carbonyl (C=O) groups excluding carboxylic acids is 1. The maximum Gasteiger partial charge on any atom is 0.206 e. The van der Waals surface area contributed by atoms with Crippen LogP contribution in [0, 0.1) is 26.7 Å². The zero-order valence-electron chi connectivity index (χ0n) is 14.3. The molecule has 0 saturated heterocycles. The Morgan fingerprint density at radius 2 is 1.87 bits per heavy atom. The summed E-state index contributed by atoms with van der Waals surface area (Å²) in [6.45, 7) is 11.3. The van der Waals surface area contributed by atoms with Crippen LogP contribution < -0.4 is 5.32 Å². The van der Waals surface area contributed by atoms with Crippen LogP contribution in [0.5, 0.6) is 0 Å². The molecule has 0 aliphatic rings. The third-order valence-corrected chi connectivity index (χ3v) is 5.55. The molecule has 23 heavy (non-hydrogen) atoms. The number of carbonyl (C=O) groups is 1. The minimum absolute atomic E-state index is 0.141. The monoisotopic (exact) mass is 349 g/mol. The number of hydrogen-bond acceptors (Lipinski definition) is 6. The lowest BCUT2D eigenvalue weighted by Crippen LogP contribution is -2.07. The molecular formula is C17H23N3OS2. The third kappa shape index (κ3) is 5.04. The van der Waals surface area contributed by atoms with Gasteiger partial charge >= 0.3 is 0 Å². The van der Waals surface area contributed by atoms with Gasteiger partial charge in [-0.1, -0.05) is 43.0 Å². The fourth-order valence-corrected chi connectivity index (χ4v) is 3.74. The van der Waals surface area contributed by atoms with E-state index in [9.17, 15) is 4.79 Å². The second kappa shape index (κ2) is 7.93. The summed E-state index contributed by atoms with van der Waals surface area (Å²) in [5.41, 5.74) is 4.22. The van der Waals surface area contributed by atoms with Crippen molar-refractivity contribution in [1.82, 2.24) is 10.2 Å². The number of nitrogens with one attached hydrogen (secondary N) is 1. The van der Waals surface area contributed by atoms with Crippen molar-refractivity contribution in [2.24, 2.45) is 5.92 Å². The van der Waals surface area contributed by atoms with Gasteiger partial charge in [0.25, 0.3) is 0 Å². The van der Waals surface area contributed by atoms with Crippen LogP contribution >= 0.6 is 23.1 Å². The first-order chi connectivity index (χ1) is 10.9. The molecule has 0 spiro atoms. The smallest absolute Gasteiger partial charge is 0.206 e. The predicted molar refractivity (Wildman–Crippen MR) is 98.9 cm³/mol. The summed E-state index contributed by atoms with van der Waals surface area (Å²) >= 11 is 2.95. The molecule has 124 valence electrons. The van der Waals surface area contributed by atoms with Crippen molar-refractivity contribution in [3.8, 4) is 0 Å². The molecule has 0 radical (unpaired) electrons. The van der Waals surface area contributed by atoms with Gasteiger partial charge in [0.2, 0.25) is 5.13 Å². The summed E-state index contributed by atoms with van der Waals surface area (Å²) in [5, 5.41) is 12.3. The van der Waals surface area contributed by atoms with Gasteiger partial charge in [0.15, 0.2) is 10.1 Å². The number of nitrogens with zero attached hydrogens (tertiary/aromatic N) is 2. The highest BCUT2D eigenvalue weighted by molar-refractivity contribution is 8.01. The van der Waals surface area contributed by atoms with Gasteiger partial charge in [-0.25, -0.2) is 0 Å². The molecule has 0 bridgehead atoms. The van der Waals surface area contributed by atoms with Crippen molar-refractivity contribution in [3.05, 3.63) is 34.4 Å². The van der Waals surface area contributed by atoms with Crippen LogP contribution in [-0.2, 0) is 0 Å². The van der Waals surface area contributed by atoms with Crippen LogP contribution in [0.15, 0.2) is 16.5 Å². The highest BCUT2D eigenvalue weighted by Crippen LogP contribution is 2.27. The van der Waals surface area contributed by atoms with Gasteiger partial charge < -0.3 is 5.32 Å². The summed E-state index contributed by atoms with van der Waals surface area (Å²) in [6.07, 6.45) is 0. The van der Waals surface area contributed by atoms with E-state index in [-0.39, 0.29) is 5.78 Å². The summed E-state index contributed by atoms with van der Waals surface area (Å²) in [6, 6.07) is 4.06. The summed E-state index contributed by atoms with van der Waals surface area (Å²) < 4.78 is 0.825. The van der Waals surface area contributed by atoms with E-state index in [4.69, 9.17) is 0 Å². The summed E-state index contributed by atoms with van der Waals surface area (Å²) in [7, 11) is 0. The van der Waals surface area contributed by atoms with Gasteiger partial charge in [-0.3, -0.25) is 4.79 Å². The zero-order valence-corrected chi connectivity index (χ0v) is 15.9. The number of aromatic nitrogens is 2. The van der Waals surface area contributed by atoms with E-state index in [1.807, 2.05) is 19.9 Å². The predicted octanol–water partition coefficient (Wildman–Crippen LogP) is 4.51. The average molecular weight is 350 g/mol. The maximum atomic E-state index is 12.4. The molecule has 0 aliphatic heterocycles. The molecule has 0 aliphatic carbocycles. The second-order valence-corrected chi connectivity index (χ2v) is 8.31. The fourth-order valence-electron chi connectivity index (χ4n) is 2.10. The van der Waals surface area contributed by atoms with Gasteiger partial charge in [-0.2, -0.15) is 0 Å². The highest BCUT2D eigenvalue weighted by Gasteiger charge is 2.13. The van der Waals surface area contributed by atoms with Crippen molar-refractivity contribution in [3.63, 3.8) is 0 Å².